The van der Waals surface area contributed by atoms with E-state index in [1.54, 1.807) is 0 Å². The summed E-state index contributed by atoms with van der Waals surface area (Å²) in [5.74, 6) is 0. The molecule has 0 heterocycles. The summed E-state index contributed by atoms with van der Waals surface area (Å²) < 4.78 is 5.28. The van der Waals surface area contributed by atoms with Gasteiger partial charge in [0.2, 0.25) is 6.08 Å². The molecule has 0 saturated heterocycles. The Labute approximate surface area is 73.8 Å². The lowest BCUT2D eigenvalue weighted by Gasteiger charge is -2.00. The van der Waals surface area contributed by atoms with Crippen LogP contribution in [-0.4, -0.2) is 25.8 Å². The number of nitrogens with zero attached hydrogens (tertiary/aromatic N) is 1. The van der Waals surface area contributed by atoms with Crippen LogP contribution in [0.15, 0.2) is 4.99 Å². The Morgan fingerprint density at radius 3 is 2.75 bits per heavy atom. The monoisotopic (exact) mass is 171 g/mol. The van der Waals surface area contributed by atoms with Crippen molar-refractivity contribution < 1.29 is 9.53 Å². The molecular formula is C9H17NO2. The van der Waals surface area contributed by atoms with E-state index in [-0.39, 0.29) is 0 Å². The molecule has 0 radical (unpaired) electrons. The van der Waals surface area contributed by atoms with Gasteiger partial charge in [0.05, 0.1) is 6.54 Å². The molecule has 0 aromatic heterocycles. The second-order valence-corrected chi connectivity index (χ2v) is 2.65. The Morgan fingerprint density at radius 2 is 2.08 bits per heavy atom. The zero-order valence-electron chi connectivity index (χ0n) is 7.71. The first-order chi connectivity index (χ1) is 5.91. The fourth-order valence-electron chi connectivity index (χ4n) is 0.864. The maximum atomic E-state index is 9.66. The van der Waals surface area contributed by atoms with E-state index in [2.05, 4.69) is 11.9 Å². The average Bonchev–Trinajstić information content (AvgIpc) is 2.10. The first kappa shape index (κ1) is 11.3. The van der Waals surface area contributed by atoms with E-state index in [1.807, 2.05) is 0 Å². The predicted octanol–water partition coefficient (Wildman–Crippen LogP) is 1.92. The minimum absolute atomic E-state index is 0.608. The van der Waals surface area contributed by atoms with Crippen LogP contribution in [0.3, 0.4) is 0 Å². The minimum Gasteiger partial charge on any atom is -0.381 e. The highest BCUT2D eigenvalue weighted by molar-refractivity contribution is 5.32. The third-order valence-electron chi connectivity index (χ3n) is 1.47. The van der Waals surface area contributed by atoms with Gasteiger partial charge in [-0.1, -0.05) is 6.92 Å². The van der Waals surface area contributed by atoms with Crippen molar-refractivity contribution in [3.05, 3.63) is 0 Å². The van der Waals surface area contributed by atoms with Crippen LogP contribution < -0.4 is 0 Å². The molecule has 0 aliphatic rings. The molecule has 3 heteroatoms. The lowest BCUT2D eigenvalue weighted by Crippen LogP contribution is -1.95. The van der Waals surface area contributed by atoms with Crippen LogP contribution >= 0.6 is 0 Å². The zero-order valence-corrected chi connectivity index (χ0v) is 7.71. The summed E-state index contributed by atoms with van der Waals surface area (Å²) >= 11 is 0. The molecule has 3 nitrogen and oxygen atoms in total. The lowest BCUT2D eigenvalue weighted by atomic mass is 10.2. The van der Waals surface area contributed by atoms with Crippen molar-refractivity contribution in [1.82, 2.24) is 0 Å². The maximum absolute atomic E-state index is 9.66. The van der Waals surface area contributed by atoms with E-state index in [0.29, 0.717) is 6.54 Å². The normalized spacial score (nSPS) is 9.42. The Balaban J connectivity index is 2.86. The van der Waals surface area contributed by atoms with Crippen LogP contribution in [0.5, 0.6) is 0 Å². The summed E-state index contributed by atoms with van der Waals surface area (Å²) in [5.41, 5.74) is 0. The first-order valence-corrected chi connectivity index (χ1v) is 4.53. The number of rotatable bonds is 8. The van der Waals surface area contributed by atoms with Crippen molar-refractivity contribution in [3.63, 3.8) is 0 Å². The number of hydrogen-bond donors (Lipinski definition) is 0. The molecule has 12 heavy (non-hydrogen) atoms. The Morgan fingerprint density at radius 1 is 1.25 bits per heavy atom. The molecule has 0 N–H and O–H groups in total. The van der Waals surface area contributed by atoms with Gasteiger partial charge in [0.15, 0.2) is 0 Å². The Kier molecular flexibility index (Phi) is 9.77. The smallest absolute Gasteiger partial charge is 0.234 e. The molecule has 0 bridgehead atoms. The van der Waals surface area contributed by atoms with E-state index < -0.39 is 0 Å². The summed E-state index contributed by atoms with van der Waals surface area (Å²) in [6.07, 6.45) is 5.71. The van der Waals surface area contributed by atoms with Gasteiger partial charge in [-0.05, 0) is 25.7 Å². The van der Waals surface area contributed by atoms with E-state index in [0.717, 1.165) is 38.9 Å². The largest absolute Gasteiger partial charge is 0.381 e. The Bertz CT molecular complexity index is 130. The van der Waals surface area contributed by atoms with Crippen molar-refractivity contribution in [2.45, 2.75) is 32.6 Å². The van der Waals surface area contributed by atoms with Gasteiger partial charge in [-0.2, -0.15) is 0 Å². The molecule has 0 aromatic rings. The SMILES string of the molecule is CCCOCCCCCN=C=O. The quantitative estimate of drug-likeness (QED) is 0.318. The molecule has 0 amide bonds. The molecule has 0 fully saturated rings. The van der Waals surface area contributed by atoms with Crippen LogP contribution in [0, 0.1) is 0 Å². The van der Waals surface area contributed by atoms with Crippen LogP contribution in [-0.2, 0) is 9.53 Å². The first-order valence-electron chi connectivity index (χ1n) is 4.53. The van der Waals surface area contributed by atoms with Crippen molar-refractivity contribution in [3.8, 4) is 0 Å². The summed E-state index contributed by atoms with van der Waals surface area (Å²) in [4.78, 5) is 13.1. The Hall–Kier alpha value is -0.660. The molecule has 0 aliphatic heterocycles. The maximum Gasteiger partial charge on any atom is 0.234 e. The van der Waals surface area contributed by atoms with Crippen LogP contribution in [0.2, 0.25) is 0 Å². The number of ether oxygens (including phenoxy) is 1. The van der Waals surface area contributed by atoms with Crippen molar-refractivity contribution in [1.29, 1.82) is 0 Å². The van der Waals surface area contributed by atoms with Crippen molar-refractivity contribution in [2.24, 2.45) is 4.99 Å². The molecule has 0 atom stereocenters. The topological polar surface area (TPSA) is 38.7 Å². The summed E-state index contributed by atoms with van der Waals surface area (Å²) in [7, 11) is 0. The highest BCUT2D eigenvalue weighted by Gasteiger charge is 1.88. The molecule has 0 rings (SSSR count). The van der Waals surface area contributed by atoms with Gasteiger partial charge in [0.1, 0.15) is 0 Å². The van der Waals surface area contributed by atoms with Crippen molar-refractivity contribution >= 4 is 6.08 Å². The van der Waals surface area contributed by atoms with Crippen LogP contribution in [0.25, 0.3) is 0 Å². The second-order valence-electron chi connectivity index (χ2n) is 2.65. The fourth-order valence-corrected chi connectivity index (χ4v) is 0.864. The third-order valence-corrected chi connectivity index (χ3v) is 1.47. The highest BCUT2D eigenvalue weighted by atomic mass is 16.5. The summed E-state index contributed by atoms with van der Waals surface area (Å²) in [5, 5.41) is 0. The molecule has 0 unspecified atom stereocenters. The molecular weight excluding hydrogens is 154 g/mol. The number of unbranched alkanes of at least 4 members (excludes halogenated alkanes) is 2. The van der Waals surface area contributed by atoms with E-state index in [9.17, 15) is 4.79 Å². The lowest BCUT2D eigenvalue weighted by molar-refractivity contribution is 0.131. The van der Waals surface area contributed by atoms with Gasteiger partial charge >= 0.3 is 0 Å². The van der Waals surface area contributed by atoms with Gasteiger partial charge in [-0.3, -0.25) is 0 Å². The molecule has 0 spiro atoms. The number of isocyanates is 1. The van der Waals surface area contributed by atoms with Crippen molar-refractivity contribution in [2.75, 3.05) is 19.8 Å². The predicted molar refractivity (Wildman–Crippen MR) is 47.9 cm³/mol. The minimum atomic E-state index is 0.608. The van der Waals surface area contributed by atoms with Gasteiger partial charge in [0, 0.05) is 13.2 Å². The van der Waals surface area contributed by atoms with Crippen LogP contribution in [0.4, 0.5) is 0 Å². The zero-order chi connectivity index (χ0) is 9.07. The molecule has 70 valence electrons. The average molecular weight is 171 g/mol. The number of hydrogen-bond acceptors (Lipinski definition) is 3. The van der Waals surface area contributed by atoms with Crippen LogP contribution in [0.1, 0.15) is 32.6 Å². The second kappa shape index (κ2) is 10.3. The van der Waals surface area contributed by atoms with Gasteiger partial charge in [0.25, 0.3) is 0 Å². The van der Waals surface area contributed by atoms with E-state index in [1.165, 1.54) is 6.08 Å². The van der Waals surface area contributed by atoms with Gasteiger partial charge in [-0.25, -0.2) is 9.79 Å². The summed E-state index contributed by atoms with van der Waals surface area (Å²) in [6, 6.07) is 0. The number of aliphatic imine (C=N–C) groups is 1. The fraction of sp³-hybridized carbons (Fsp3) is 0.889. The molecule has 0 aromatic carbocycles. The third kappa shape index (κ3) is 9.34. The molecule has 0 saturated carbocycles. The molecule has 0 aliphatic carbocycles. The summed E-state index contributed by atoms with van der Waals surface area (Å²) in [6.45, 7) is 4.39. The standard InChI is InChI=1S/C9H17NO2/c1-2-7-12-8-5-3-4-6-10-9-11/h2-8H2,1H3. The van der Waals surface area contributed by atoms with Gasteiger partial charge in [-0.15, -0.1) is 0 Å². The van der Waals surface area contributed by atoms with E-state index >= 15 is 0 Å². The number of carbonyl (C=O) groups excluding carboxylic acids is 1. The highest BCUT2D eigenvalue weighted by Crippen LogP contribution is 1.96. The van der Waals surface area contributed by atoms with Gasteiger partial charge < -0.3 is 4.74 Å². The van der Waals surface area contributed by atoms with E-state index in [4.69, 9.17) is 4.74 Å².